The Balaban J connectivity index is 2.29. The van der Waals surface area contributed by atoms with Crippen LogP contribution in [0, 0.1) is 0 Å². The molecule has 0 radical (unpaired) electrons. The average Bonchev–Trinajstić information content (AvgIpc) is 2.27. The molecule has 92 valence electrons. The van der Waals surface area contributed by atoms with Crippen molar-refractivity contribution < 1.29 is 9.53 Å². The summed E-state index contributed by atoms with van der Waals surface area (Å²) in [4.78, 5) is 11.5. The third-order valence-corrected chi connectivity index (χ3v) is 3.03. The third-order valence-electron chi connectivity index (χ3n) is 3.03. The predicted octanol–water partition coefficient (Wildman–Crippen LogP) is 2.82. The monoisotopic (exact) mass is 233 g/mol. The van der Waals surface area contributed by atoms with Crippen molar-refractivity contribution in [2.45, 2.75) is 45.3 Å². The Morgan fingerprint density at radius 3 is 2.88 bits per heavy atom. The molecule has 1 atom stereocenters. The van der Waals surface area contributed by atoms with Gasteiger partial charge in [-0.25, -0.2) is 0 Å². The summed E-state index contributed by atoms with van der Waals surface area (Å²) in [6, 6.07) is 7.97. The lowest BCUT2D eigenvalue weighted by atomic mass is 9.89. The van der Waals surface area contributed by atoms with Crippen molar-refractivity contribution in [1.82, 2.24) is 5.32 Å². The van der Waals surface area contributed by atoms with Crippen LogP contribution < -0.4 is 10.1 Å². The summed E-state index contributed by atoms with van der Waals surface area (Å²) in [6.45, 7) is 5.97. The van der Waals surface area contributed by atoms with E-state index in [1.54, 1.807) is 0 Å². The number of para-hydroxylation sites is 1. The lowest BCUT2D eigenvalue weighted by molar-refractivity contribution is -0.122. The predicted molar refractivity (Wildman–Crippen MR) is 66.9 cm³/mol. The molecule has 0 aliphatic carbocycles. The molecular formula is C14H19NO2. The highest BCUT2D eigenvalue weighted by Crippen LogP contribution is 2.39. The molecule has 3 heteroatoms. The maximum Gasteiger partial charge on any atom is 0.220 e. The van der Waals surface area contributed by atoms with Gasteiger partial charge in [-0.2, -0.15) is 0 Å². The van der Waals surface area contributed by atoms with E-state index in [9.17, 15) is 4.79 Å². The van der Waals surface area contributed by atoms with Crippen LogP contribution in [0.4, 0.5) is 0 Å². The first kappa shape index (κ1) is 12.0. The number of carbonyl (C=O) groups is 1. The Bertz CT molecular complexity index is 426. The van der Waals surface area contributed by atoms with E-state index in [-0.39, 0.29) is 17.6 Å². The number of benzene rings is 1. The number of hydrogen-bond acceptors (Lipinski definition) is 2. The van der Waals surface area contributed by atoms with Gasteiger partial charge in [-0.15, -0.1) is 0 Å². The van der Waals surface area contributed by atoms with E-state index in [1.807, 2.05) is 45.0 Å². The molecule has 3 nitrogen and oxygen atoms in total. The van der Waals surface area contributed by atoms with Gasteiger partial charge in [-0.3, -0.25) is 4.79 Å². The van der Waals surface area contributed by atoms with E-state index < -0.39 is 0 Å². The van der Waals surface area contributed by atoms with Gasteiger partial charge >= 0.3 is 0 Å². The van der Waals surface area contributed by atoms with Crippen LogP contribution in [0.3, 0.4) is 0 Å². The Morgan fingerprint density at radius 1 is 1.47 bits per heavy atom. The quantitative estimate of drug-likeness (QED) is 0.853. The molecule has 0 saturated carbocycles. The molecule has 0 saturated heterocycles. The topological polar surface area (TPSA) is 38.3 Å². The van der Waals surface area contributed by atoms with Crippen molar-refractivity contribution in [2.24, 2.45) is 0 Å². The van der Waals surface area contributed by atoms with Crippen molar-refractivity contribution in [3.05, 3.63) is 29.8 Å². The van der Waals surface area contributed by atoms with Crippen molar-refractivity contribution in [1.29, 1.82) is 0 Å². The third kappa shape index (κ3) is 2.60. The molecule has 2 rings (SSSR count). The van der Waals surface area contributed by atoms with Crippen molar-refractivity contribution in [2.75, 3.05) is 0 Å². The van der Waals surface area contributed by atoms with E-state index in [2.05, 4.69) is 5.32 Å². The molecule has 0 fully saturated rings. The van der Waals surface area contributed by atoms with E-state index in [0.29, 0.717) is 6.42 Å². The standard InChI is InChI=1S/C14H19NO2/c1-4-13(16)15-11-9-14(2,3)17-12-8-6-5-7-10(11)12/h5-8,11H,4,9H2,1-3H3,(H,15,16)/t11-/m0/s1. The SMILES string of the molecule is CCC(=O)N[C@H]1CC(C)(C)Oc2ccccc21. The molecule has 1 N–H and O–H groups in total. The molecule has 1 aromatic rings. The number of amides is 1. The van der Waals surface area contributed by atoms with E-state index in [0.717, 1.165) is 17.7 Å². The fraction of sp³-hybridized carbons (Fsp3) is 0.500. The number of rotatable bonds is 2. The largest absolute Gasteiger partial charge is 0.487 e. The molecule has 0 bridgehead atoms. The molecule has 1 heterocycles. The van der Waals surface area contributed by atoms with Crippen LogP contribution in [0.2, 0.25) is 0 Å². The molecule has 1 aliphatic rings. The van der Waals surface area contributed by atoms with Crippen LogP contribution >= 0.6 is 0 Å². The highest BCUT2D eigenvalue weighted by Gasteiger charge is 2.33. The second kappa shape index (κ2) is 4.40. The molecule has 0 unspecified atom stereocenters. The van der Waals surface area contributed by atoms with Crippen molar-refractivity contribution in [3.8, 4) is 5.75 Å². The zero-order chi connectivity index (χ0) is 12.5. The van der Waals surface area contributed by atoms with Gasteiger partial charge in [0.15, 0.2) is 0 Å². The molecule has 0 spiro atoms. The molecule has 17 heavy (non-hydrogen) atoms. The number of nitrogens with one attached hydrogen (secondary N) is 1. The fourth-order valence-electron chi connectivity index (χ4n) is 2.23. The van der Waals surface area contributed by atoms with Crippen LogP contribution in [0.1, 0.15) is 45.2 Å². The second-order valence-electron chi connectivity index (χ2n) is 5.08. The first-order valence-corrected chi connectivity index (χ1v) is 6.09. The molecule has 1 amide bonds. The minimum absolute atomic E-state index is 0.0578. The van der Waals surface area contributed by atoms with Gasteiger partial charge in [0.05, 0.1) is 6.04 Å². The Morgan fingerprint density at radius 2 is 2.18 bits per heavy atom. The molecule has 0 aromatic heterocycles. The Kier molecular flexibility index (Phi) is 3.09. The summed E-state index contributed by atoms with van der Waals surface area (Å²) < 4.78 is 5.91. The first-order valence-electron chi connectivity index (χ1n) is 6.09. The lowest BCUT2D eigenvalue weighted by Crippen LogP contribution is -2.41. The highest BCUT2D eigenvalue weighted by molar-refractivity contribution is 5.76. The number of hydrogen-bond donors (Lipinski definition) is 1. The summed E-state index contributed by atoms with van der Waals surface area (Å²) in [7, 11) is 0. The van der Waals surface area contributed by atoms with Crippen molar-refractivity contribution in [3.63, 3.8) is 0 Å². The first-order chi connectivity index (χ1) is 8.02. The molecule has 1 aromatic carbocycles. The van der Waals surface area contributed by atoms with Crippen LogP contribution in [0.25, 0.3) is 0 Å². The zero-order valence-electron chi connectivity index (χ0n) is 10.6. The Hall–Kier alpha value is -1.51. The molecular weight excluding hydrogens is 214 g/mol. The van der Waals surface area contributed by atoms with E-state index in [4.69, 9.17) is 4.74 Å². The van der Waals surface area contributed by atoms with Gasteiger partial charge in [-0.05, 0) is 19.9 Å². The average molecular weight is 233 g/mol. The van der Waals surface area contributed by atoms with E-state index in [1.165, 1.54) is 0 Å². The smallest absolute Gasteiger partial charge is 0.220 e. The van der Waals surface area contributed by atoms with Gasteiger partial charge in [0.1, 0.15) is 11.4 Å². The minimum atomic E-state index is -0.236. The number of carbonyl (C=O) groups excluding carboxylic acids is 1. The van der Waals surface area contributed by atoms with E-state index >= 15 is 0 Å². The second-order valence-corrected chi connectivity index (χ2v) is 5.08. The zero-order valence-corrected chi connectivity index (χ0v) is 10.6. The maximum atomic E-state index is 11.5. The van der Waals surface area contributed by atoms with Gasteiger partial charge in [-0.1, -0.05) is 25.1 Å². The highest BCUT2D eigenvalue weighted by atomic mass is 16.5. The maximum absolute atomic E-state index is 11.5. The van der Waals surface area contributed by atoms with Crippen LogP contribution in [0.15, 0.2) is 24.3 Å². The fourth-order valence-corrected chi connectivity index (χ4v) is 2.23. The summed E-state index contributed by atoms with van der Waals surface area (Å²) in [5, 5.41) is 3.06. The number of fused-ring (bicyclic) bond motifs is 1. The Labute approximate surface area is 102 Å². The number of ether oxygens (including phenoxy) is 1. The van der Waals surface area contributed by atoms with Crippen LogP contribution in [0.5, 0.6) is 5.75 Å². The minimum Gasteiger partial charge on any atom is -0.487 e. The van der Waals surface area contributed by atoms with Crippen LogP contribution in [-0.4, -0.2) is 11.5 Å². The lowest BCUT2D eigenvalue weighted by Gasteiger charge is -2.37. The van der Waals surface area contributed by atoms with Crippen molar-refractivity contribution >= 4 is 5.91 Å². The summed E-state index contributed by atoms with van der Waals surface area (Å²) >= 11 is 0. The van der Waals surface area contributed by atoms with Gasteiger partial charge in [0.25, 0.3) is 0 Å². The summed E-state index contributed by atoms with van der Waals surface area (Å²) in [6.07, 6.45) is 1.32. The summed E-state index contributed by atoms with van der Waals surface area (Å²) in [5.41, 5.74) is 0.841. The van der Waals surface area contributed by atoms with Gasteiger partial charge in [0, 0.05) is 18.4 Å². The summed E-state index contributed by atoms with van der Waals surface area (Å²) in [5.74, 6) is 0.965. The normalized spacial score (nSPS) is 21.2. The molecule has 1 aliphatic heterocycles. The van der Waals surface area contributed by atoms with Gasteiger partial charge in [0.2, 0.25) is 5.91 Å². The van der Waals surface area contributed by atoms with Crippen LogP contribution in [-0.2, 0) is 4.79 Å². The van der Waals surface area contributed by atoms with Gasteiger partial charge < -0.3 is 10.1 Å².